The van der Waals surface area contributed by atoms with E-state index in [4.69, 9.17) is 4.74 Å². The van der Waals surface area contributed by atoms with Gasteiger partial charge in [0.05, 0.1) is 16.7 Å². The molecule has 1 heterocycles. The number of fused-ring (bicyclic) bond motifs is 1. The zero-order valence-corrected chi connectivity index (χ0v) is 16.6. The minimum atomic E-state index is -1.03. The van der Waals surface area contributed by atoms with Gasteiger partial charge < -0.3 is 9.84 Å². The Labute approximate surface area is 170 Å². The number of esters is 1. The average molecular weight is 395 g/mol. The summed E-state index contributed by atoms with van der Waals surface area (Å²) in [5.74, 6) is -1.61. The van der Waals surface area contributed by atoms with Crippen molar-refractivity contribution in [2.75, 3.05) is 0 Å². The van der Waals surface area contributed by atoms with Crippen molar-refractivity contribution >= 4 is 17.8 Å². The third-order valence-corrected chi connectivity index (χ3v) is 4.90. The summed E-state index contributed by atoms with van der Waals surface area (Å²) in [6.45, 7) is 3.42. The standard InChI is InChI=1S/C23H25NO5/c1-23(2,28)14-8-13-19(22(27)29-15-16-9-4-3-5-10-16)24-20(25)17-11-6-7-12-18(17)21(24)26/h3-7,9-12,19,28H,8,13-15H2,1-2H3/t19-/m0/s1. The molecule has 1 aliphatic heterocycles. The van der Waals surface area contributed by atoms with E-state index in [2.05, 4.69) is 0 Å². The SMILES string of the molecule is CC(C)(O)CCC[C@@H](C(=O)OCc1ccccc1)N1C(=O)c2ccccc2C1=O. The summed E-state index contributed by atoms with van der Waals surface area (Å²) in [5.41, 5.74) is 0.501. The van der Waals surface area contributed by atoms with Crippen LogP contribution in [0.3, 0.4) is 0 Å². The number of imide groups is 1. The van der Waals surface area contributed by atoms with E-state index < -0.39 is 29.4 Å². The molecular formula is C23H25NO5. The first-order chi connectivity index (χ1) is 13.8. The van der Waals surface area contributed by atoms with E-state index in [0.717, 1.165) is 10.5 Å². The van der Waals surface area contributed by atoms with Gasteiger partial charge in [-0.2, -0.15) is 0 Å². The van der Waals surface area contributed by atoms with Crippen molar-refractivity contribution in [1.82, 2.24) is 4.90 Å². The number of benzene rings is 2. The van der Waals surface area contributed by atoms with Gasteiger partial charge in [0, 0.05) is 0 Å². The van der Waals surface area contributed by atoms with Crippen molar-refractivity contribution in [2.45, 2.75) is 51.4 Å². The molecule has 0 radical (unpaired) electrons. The van der Waals surface area contributed by atoms with Crippen LogP contribution in [0.25, 0.3) is 0 Å². The van der Waals surface area contributed by atoms with Gasteiger partial charge in [0.25, 0.3) is 11.8 Å². The number of ether oxygens (including phenoxy) is 1. The van der Waals surface area contributed by atoms with Gasteiger partial charge in [-0.25, -0.2) is 4.79 Å². The lowest BCUT2D eigenvalue weighted by atomic mass is 9.98. The molecule has 2 amide bonds. The highest BCUT2D eigenvalue weighted by Crippen LogP contribution is 2.27. The van der Waals surface area contributed by atoms with Gasteiger partial charge in [0.1, 0.15) is 12.6 Å². The lowest BCUT2D eigenvalue weighted by Gasteiger charge is -2.26. The first-order valence-corrected chi connectivity index (χ1v) is 9.68. The highest BCUT2D eigenvalue weighted by Gasteiger charge is 2.43. The molecule has 6 heteroatoms. The van der Waals surface area contributed by atoms with Gasteiger partial charge in [-0.05, 0) is 50.8 Å². The Morgan fingerprint density at radius 2 is 1.55 bits per heavy atom. The normalized spacial score (nSPS) is 14.7. The van der Waals surface area contributed by atoms with Crippen LogP contribution in [0, 0.1) is 0 Å². The molecule has 3 rings (SSSR count). The smallest absolute Gasteiger partial charge is 0.329 e. The number of hydrogen-bond acceptors (Lipinski definition) is 5. The molecule has 1 atom stereocenters. The van der Waals surface area contributed by atoms with Crippen LogP contribution in [-0.4, -0.2) is 39.4 Å². The second-order valence-electron chi connectivity index (χ2n) is 7.84. The Kier molecular flexibility index (Phi) is 6.13. The van der Waals surface area contributed by atoms with Crippen molar-refractivity contribution in [2.24, 2.45) is 0 Å². The number of carbonyl (C=O) groups excluding carboxylic acids is 3. The van der Waals surface area contributed by atoms with Crippen LogP contribution >= 0.6 is 0 Å². The van der Waals surface area contributed by atoms with Gasteiger partial charge in [-0.15, -0.1) is 0 Å². The first kappa shape index (κ1) is 20.7. The van der Waals surface area contributed by atoms with E-state index in [-0.39, 0.29) is 13.0 Å². The molecule has 1 aliphatic rings. The summed E-state index contributed by atoms with van der Waals surface area (Å²) in [7, 11) is 0. The van der Waals surface area contributed by atoms with Crippen molar-refractivity contribution in [1.29, 1.82) is 0 Å². The Balaban J connectivity index is 1.78. The molecule has 0 aromatic heterocycles. The van der Waals surface area contributed by atoms with Crippen molar-refractivity contribution in [3.05, 3.63) is 71.3 Å². The van der Waals surface area contributed by atoms with E-state index in [1.54, 1.807) is 38.1 Å². The molecule has 0 fully saturated rings. The van der Waals surface area contributed by atoms with Crippen LogP contribution in [-0.2, 0) is 16.1 Å². The van der Waals surface area contributed by atoms with E-state index in [1.165, 1.54) is 0 Å². The average Bonchev–Trinajstić information content (AvgIpc) is 2.94. The summed E-state index contributed by atoms with van der Waals surface area (Å²) in [6.07, 6.45) is 1.11. The van der Waals surface area contributed by atoms with Crippen molar-refractivity contribution < 1.29 is 24.2 Å². The number of hydrogen-bond donors (Lipinski definition) is 1. The maximum absolute atomic E-state index is 12.9. The monoisotopic (exact) mass is 395 g/mol. The van der Waals surface area contributed by atoms with Crippen LogP contribution in [0.1, 0.15) is 59.4 Å². The van der Waals surface area contributed by atoms with Gasteiger partial charge in [0.15, 0.2) is 0 Å². The zero-order chi connectivity index (χ0) is 21.0. The molecule has 0 bridgehead atoms. The van der Waals surface area contributed by atoms with E-state index in [9.17, 15) is 19.5 Å². The molecule has 152 valence electrons. The van der Waals surface area contributed by atoms with Gasteiger partial charge in [-0.3, -0.25) is 14.5 Å². The van der Waals surface area contributed by atoms with Gasteiger partial charge in [0.2, 0.25) is 0 Å². The minimum absolute atomic E-state index is 0.0604. The Hall–Kier alpha value is -2.99. The summed E-state index contributed by atoms with van der Waals surface area (Å²) < 4.78 is 5.43. The molecular weight excluding hydrogens is 370 g/mol. The lowest BCUT2D eigenvalue weighted by Crippen LogP contribution is -2.45. The largest absolute Gasteiger partial charge is 0.459 e. The van der Waals surface area contributed by atoms with E-state index in [1.807, 2.05) is 30.3 Å². The number of nitrogens with zero attached hydrogens (tertiary/aromatic N) is 1. The lowest BCUT2D eigenvalue weighted by molar-refractivity contribution is -0.150. The van der Waals surface area contributed by atoms with Crippen LogP contribution in [0.5, 0.6) is 0 Å². The molecule has 0 saturated heterocycles. The molecule has 29 heavy (non-hydrogen) atoms. The first-order valence-electron chi connectivity index (χ1n) is 9.68. The topological polar surface area (TPSA) is 83.9 Å². The summed E-state index contributed by atoms with van der Waals surface area (Å²) in [5, 5.41) is 9.97. The van der Waals surface area contributed by atoms with Crippen LogP contribution in [0.15, 0.2) is 54.6 Å². The maximum atomic E-state index is 12.9. The molecule has 1 N–H and O–H groups in total. The van der Waals surface area contributed by atoms with Crippen LogP contribution in [0.2, 0.25) is 0 Å². The quantitative estimate of drug-likeness (QED) is 0.547. The Morgan fingerprint density at radius 1 is 1.00 bits per heavy atom. The fraction of sp³-hybridized carbons (Fsp3) is 0.348. The number of amides is 2. The predicted octanol–water partition coefficient (Wildman–Crippen LogP) is 3.34. The van der Waals surface area contributed by atoms with E-state index in [0.29, 0.717) is 24.0 Å². The zero-order valence-electron chi connectivity index (χ0n) is 16.6. The van der Waals surface area contributed by atoms with Crippen molar-refractivity contribution in [3.63, 3.8) is 0 Å². The molecule has 6 nitrogen and oxygen atoms in total. The summed E-state index contributed by atoms with van der Waals surface area (Å²) >= 11 is 0. The molecule has 0 aliphatic carbocycles. The summed E-state index contributed by atoms with van der Waals surface area (Å²) in [6, 6.07) is 14.7. The Morgan fingerprint density at radius 3 is 2.10 bits per heavy atom. The third kappa shape index (κ3) is 4.90. The number of rotatable bonds is 8. The number of aliphatic hydroxyl groups is 1. The van der Waals surface area contributed by atoms with E-state index >= 15 is 0 Å². The Bertz CT molecular complexity index is 866. The highest BCUT2D eigenvalue weighted by molar-refractivity contribution is 6.22. The highest BCUT2D eigenvalue weighted by atomic mass is 16.5. The fourth-order valence-corrected chi connectivity index (χ4v) is 3.40. The summed E-state index contributed by atoms with van der Waals surface area (Å²) in [4.78, 5) is 39.5. The third-order valence-electron chi connectivity index (χ3n) is 4.90. The maximum Gasteiger partial charge on any atom is 0.329 e. The molecule has 0 spiro atoms. The second kappa shape index (κ2) is 8.57. The van der Waals surface area contributed by atoms with Gasteiger partial charge >= 0.3 is 5.97 Å². The van der Waals surface area contributed by atoms with Crippen LogP contribution < -0.4 is 0 Å². The number of carbonyl (C=O) groups is 3. The van der Waals surface area contributed by atoms with Crippen LogP contribution in [0.4, 0.5) is 0 Å². The van der Waals surface area contributed by atoms with Gasteiger partial charge in [-0.1, -0.05) is 42.5 Å². The second-order valence-corrected chi connectivity index (χ2v) is 7.84. The molecule has 0 unspecified atom stereocenters. The molecule has 2 aromatic rings. The molecule has 0 saturated carbocycles. The minimum Gasteiger partial charge on any atom is -0.459 e. The molecule has 2 aromatic carbocycles. The fourth-order valence-electron chi connectivity index (χ4n) is 3.40. The van der Waals surface area contributed by atoms with Crippen molar-refractivity contribution in [3.8, 4) is 0 Å². The predicted molar refractivity (Wildman–Crippen MR) is 107 cm³/mol.